The molecule has 1 N–H and O–H groups in total. The maximum atomic E-state index is 13.4. The number of nitrogens with one attached hydrogen (secondary N) is 1. The molecule has 0 fully saturated rings. The predicted octanol–water partition coefficient (Wildman–Crippen LogP) is 2.58. The lowest BCUT2D eigenvalue weighted by Crippen LogP contribution is -2.12. The van der Waals surface area contributed by atoms with Crippen LogP contribution in [0.1, 0.15) is 10.4 Å². The Bertz CT molecular complexity index is 595. The van der Waals surface area contributed by atoms with Crippen molar-refractivity contribution in [1.29, 1.82) is 0 Å². The highest BCUT2D eigenvalue weighted by Crippen LogP contribution is 2.21. The Kier molecular flexibility index (Phi) is 3.05. The number of furan rings is 1. The quantitative estimate of drug-likeness (QED) is 0.670. The predicted molar refractivity (Wildman–Crippen MR) is 59.7 cm³/mol. The minimum absolute atomic E-state index is 0.195. The molecule has 0 aliphatic heterocycles. The van der Waals surface area contributed by atoms with E-state index in [-0.39, 0.29) is 16.9 Å². The maximum Gasteiger partial charge on any atom is 0.271 e. The standard InChI is InChI=1S/C11H7FN2O4/c12-9-2-1-8(14(16)17)5-10(9)13-11(15)7-3-4-18-6-7/h1-6H,(H,13,15). The summed E-state index contributed by atoms with van der Waals surface area (Å²) in [6, 6.07) is 4.28. The van der Waals surface area contributed by atoms with E-state index in [2.05, 4.69) is 5.32 Å². The number of carbonyl (C=O) groups excluding carboxylic acids is 1. The Hall–Kier alpha value is -2.70. The third-order valence-corrected chi connectivity index (χ3v) is 2.19. The Balaban J connectivity index is 2.26. The number of carbonyl (C=O) groups is 1. The van der Waals surface area contributed by atoms with E-state index < -0.39 is 16.6 Å². The third-order valence-electron chi connectivity index (χ3n) is 2.19. The minimum atomic E-state index is -0.752. The average Bonchev–Trinajstić information content (AvgIpc) is 2.85. The van der Waals surface area contributed by atoms with E-state index in [1.54, 1.807) is 0 Å². The molecule has 0 atom stereocenters. The van der Waals surface area contributed by atoms with Gasteiger partial charge in [-0.3, -0.25) is 14.9 Å². The summed E-state index contributed by atoms with van der Waals surface area (Å²) in [6.07, 6.45) is 2.48. The second kappa shape index (κ2) is 4.66. The van der Waals surface area contributed by atoms with Crippen molar-refractivity contribution in [2.75, 3.05) is 5.32 Å². The summed E-state index contributed by atoms with van der Waals surface area (Å²) in [4.78, 5) is 21.5. The summed E-state index contributed by atoms with van der Waals surface area (Å²) in [5.41, 5.74) is -0.366. The van der Waals surface area contributed by atoms with Gasteiger partial charge in [-0.25, -0.2) is 4.39 Å². The number of anilines is 1. The number of nitro benzene ring substituents is 1. The molecule has 0 spiro atoms. The minimum Gasteiger partial charge on any atom is -0.472 e. The van der Waals surface area contributed by atoms with E-state index in [1.807, 2.05) is 0 Å². The van der Waals surface area contributed by atoms with Crippen molar-refractivity contribution < 1.29 is 18.5 Å². The number of rotatable bonds is 3. The Morgan fingerprint density at radius 1 is 1.39 bits per heavy atom. The molecule has 2 rings (SSSR count). The molecule has 2 aromatic rings. The Labute approximate surface area is 100 Å². The molecule has 0 aliphatic rings. The van der Waals surface area contributed by atoms with E-state index in [9.17, 15) is 19.3 Å². The number of halogens is 1. The van der Waals surface area contributed by atoms with Gasteiger partial charge in [-0.1, -0.05) is 0 Å². The van der Waals surface area contributed by atoms with Gasteiger partial charge in [-0.2, -0.15) is 0 Å². The molecule has 18 heavy (non-hydrogen) atoms. The van der Waals surface area contributed by atoms with Gasteiger partial charge in [0.05, 0.1) is 22.4 Å². The fraction of sp³-hybridized carbons (Fsp3) is 0. The van der Waals surface area contributed by atoms with E-state index in [1.165, 1.54) is 18.6 Å². The highest BCUT2D eigenvalue weighted by molar-refractivity contribution is 6.04. The van der Waals surface area contributed by atoms with Gasteiger partial charge in [-0.15, -0.1) is 0 Å². The van der Waals surface area contributed by atoms with Gasteiger partial charge in [0.2, 0.25) is 0 Å². The Morgan fingerprint density at radius 2 is 2.17 bits per heavy atom. The first-order valence-corrected chi connectivity index (χ1v) is 4.85. The summed E-state index contributed by atoms with van der Waals surface area (Å²) < 4.78 is 18.1. The molecule has 0 aliphatic carbocycles. The molecule has 92 valence electrons. The van der Waals surface area contributed by atoms with Crippen molar-refractivity contribution >= 4 is 17.3 Å². The fourth-order valence-corrected chi connectivity index (χ4v) is 1.31. The monoisotopic (exact) mass is 250 g/mol. The number of amides is 1. The number of hydrogen-bond acceptors (Lipinski definition) is 4. The molecule has 0 radical (unpaired) electrons. The Morgan fingerprint density at radius 3 is 2.78 bits per heavy atom. The lowest BCUT2D eigenvalue weighted by Gasteiger charge is -2.04. The van der Waals surface area contributed by atoms with Crippen LogP contribution in [0.2, 0.25) is 0 Å². The van der Waals surface area contributed by atoms with Crippen LogP contribution in [-0.2, 0) is 0 Å². The van der Waals surface area contributed by atoms with Gasteiger partial charge in [0.15, 0.2) is 0 Å². The zero-order valence-corrected chi connectivity index (χ0v) is 8.92. The smallest absolute Gasteiger partial charge is 0.271 e. The van der Waals surface area contributed by atoms with Crippen molar-refractivity contribution in [3.8, 4) is 0 Å². The molecule has 1 aromatic heterocycles. The zero-order valence-electron chi connectivity index (χ0n) is 8.92. The zero-order chi connectivity index (χ0) is 13.1. The molecule has 1 amide bonds. The molecule has 1 aromatic carbocycles. The normalized spacial score (nSPS) is 10.1. The van der Waals surface area contributed by atoms with Crippen LogP contribution in [0.4, 0.5) is 15.8 Å². The van der Waals surface area contributed by atoms with E-state index in [4.69, 9.17) is 4.42 Å². The molecule has 0 saturated heterocycles. The molecule has 1 heterocycles. The lowest BCUT2D eigenvalue weighted by molar-refractivity contribution is -0.384. The van der Waals surface area contributed by atoms with Gasteiger partial charge in [0, 0.05) is 12.1 Å². The third kappa shape index (κ3) is 2.34. The first-order chi connectivity index (χ1) is 8.58. The summed E-state index contributed by atoms with van der Waals surface area (Å²) in [7, 11) is 0. The van der Waals surface area contributed by atoms with Gasteiger partial charge < -0.3 is 9.73 Å². The van der Waals surface area contributed by atoms with Gasteiger partial charge in [-0.05, 0) is 12.1 Å². The molecule has 0 bridgehead atoms. The number of non-ortho nitro benzene ring substituents is 1. The van der Waals surface area contributed by atoms with Crippen LogP contribution in [-0.4, -0.2) is 10.8 Å². The van der Waals surface area contributed by atoms with Crippen molar-refractivity contribution in [1.82, 2.24) is 0 Å². The van der Waals surface area contributed by atoms with Crippen LogP contribution in [0.25, 0.3) is 0 Å². The summed E-state index contributed by atoms with van der Waals surface area (Å²) in [6.45, 7) is 0. The molecule has 0 saturated carbocycles. The van der Waals surface area contributed by atoms with Crippen LogP contribution in [0.5, 0.6) is 0 Å². The molecule has 7 heteroatoms. The van der Waals surface area contributed by atoms with Gasteiger partial charge in [0.25, 0.3) is 11.6 Å². The van der Waals surface area contributed by atoms with Crippen LogP contribution in [0, 0.1) is 15.9 Å². The van der Waals surface area contributed by atoms with Crippen molar-refractivity contribution in [2.24, 2.45) is 0 Å². The SMILES string of the molecule is O=C(Nc1cc([N+](=O)[O-])ccc1F)c1ccoc1. The van der Waals surface area contributed by atoms with Crippen LogP contribution in [0.15, 0.2) is 41.2 Å². The highest BCUT2D eigenvalue weighted by atomic mass is 19.1. The highest BCUT2D eigenvalue weighted by Gasteiger charge is 2.14. The van der Waals surface area contributed by atoms with Crippen molar-refractivity contribution in [3.05, 3.63) is 58.3 Å². The van der Waals surface area contributed by atoms with Crippen molar-refractivity contribution in [2.45, 2.75) is 0 Å². The van der Waals surface area contributed by atoms with Crippen LogP contribution >= 0.6 is 0 Å². The molecular formula is C11H7FN2O4. The topological polar surface area (TPSA) is 85.4 Å². The fourth-order valence-electron chi connectivity index (χ4n) is 1.31. The first kappa shape index (κ1) is 11.8. The van der Waals surface area contributed by atoms with E-state index in [0.29, 0.717) is 0 Å². The lowest BCUT2D eigenvalue weighted by atomic mass is 10.2. The largest absolute Gasteiger partial charge is 0.472 e. The molecule has 0 unspecified atom stereocenters. The average molecular weight is 250 g/mol. The molecule has 6 nitrogen and oxygen atoms in total. The van der Waals surface area contributed by atoms with E-state index >= 15 is 0 Å². The molecular weight excluding hydrogens is 243 g/mol. The number of nitro groups is 1. The van der Waals surface area contributed by atoms with Gasteiger partial charge in [0.1, 0.15) is 12.1 Å². The maximum absolute atomic E-state index is 13.4. The number of benzene rings is 1. The first-order valence-electron chi connectivity index (χ1n) is 4.85. The van der Waals surface area contributed by atoms with Crippen LogP contribution < -0.4 is 5.32 Å². The second-order valence-corrected chi connectivity index (χ2v) is 3.39. The number of nitrogens with zero attached hydrogens (tertiary/aromatic N) is 1. The number of hydrogen-bond donors (Lipinski definition) is 1. The van der Waals surface area contributed by atoms with Crippen molar-refractivity contribution in [3.63, 3.8) is 0 Å². The van der Waals surface area contributed by atoms with Gasteiger partial charge >= 0.3 is 0 Å². The second-order valence-electron chi connectivity index (χ2n) is 3.39. The summed E-state index contributed by atoms with van der Waals surface area (Å²) in [5.74, 6) is -1.36. The summed E-state index contributed by atoms with van der Waals surface area (Å²) >= 11 is 0. The van der Waals surface area contributed by atoms with E-state index in [0.717, 1.165) is 18.2 Å². The summed E-state index contributed by atoms with van der Waals surface area (Å²) in [5, 5.41) is 12.8. The van der Waals surface area contributed by atoms with Crippen LogP contribution in [0.3, 0.4) is 0 Å².